The van der Waals surface area contributed by atoms with Crippen molar-refractivity contribution in [1.29, 1.82) is 0 Å². The summed E-state index contributed by atoms with van der Waals surface area (Å²) >= 11 is 3.36. The zero-order chi connectivity index (χ0) is 10.1. The fourth-order valence-corrected chi connectivity index (χ4v) is 1.82. The number of anilines is 1. The fourth-order valence-electron chi connectivity index (χ4n) is 1.46. The molecule has 0 fully saturated rings. The van der Waals surface area contributed by atoms with Crippen LogP contribution in [0.4, 0.5) is 5.69 Å². The standard InChI is InChI=1S/C11H8BrNO/c12-8-3-1-7-2-4-11(13)10(6-14)9(7)5-8/h1-6H,13H2. The van der Waals surface area contributed by atoms with Crippen molar-refractivity contribution >= 4 is 38.7 Å². The molecule has 0 saturated heterocycles. The van der Waals surface area contributed by atoms with Gasteiger partial charge in [0.1, 0.15) is 0 Å². The van der Waals surface area contributed by atoms with E-state index in [1.54, 1.807) is 6.07 Å². The number of aldehydes is 1. The third kappa shape index (κ3) is 1.40. The Hall–Kier alpha value is -1.35. The second-order valence-electron chi connectivity index (χ2n) is 3.05. The molecule has 2 nitrogen and oxygen atoms in total. The Balaban J connectivity index is 2.91. The van der Waals surface area contributed by atoms with Crippen LogP contribution in [-0.4, -0.2) is 6.29 Å². The number of hydrogen-bond acceptors (Lipinski definition) is 2. The SMILES string of the molecule is Nc1ccc2ccc(Br)cc2c1C=O. The average molecular weight is 250 g/mol. The number of rotatable bonds is 1. The summed E-state index contributed by atoms with van der Waals surface area (Å²) in [6.45, 7) is 0. The van der Waals surface area contributed by atoms with Crippen LogP contribution in [0.5, 0.6) is 0 Å². The Morgan fingerprint density at radius 1 is 1.21 bits per heavy atom. The molecule has 2 aromatic carbocycles. The van der Waals surface area contributed by atoms with Gasteiger partial charge in [0.2, 0.25) is 0 Å². The molecular weight excluding hydrogens is 242 g/mol. The van der Waals surface area contributed by atoms with Crippen LogP contribution >= 0.6 is 15.9 Å². The second-order valence-corrected chi connectivity index (χ2v) is 3.97. The molecule has 3 heteroatoms. The van der Waals surface area contributed by atoms with Gasteiger partial charge in [-0.05, 0) is 29.0 Å². The fraction of sp³-hybridized carbons (Fsp3) is 0. The number of hydrogen-bond donors (Lipinski definition) is 1. The highest BCUT2D eigenvalue weighted by Gasteiger charge is 2.04. The largest absolute Gasteiger partial charge is 0.398 e. The van der Waals surface area contributed by atoms with Crippen molar-refractivity contribution in [2.24, 2.45) is 0 Å². The Morgan fingerprint density at radius 3 is 2.64 bits per heavy atom. The molecule has 0 spiro atoms. The van der Waals surface area contributed by atoms with Gasteiger partial charge in [-0.15, -0.1) is 0 Å². The van der Waals surface area contributed by atoms with Gasteiger partial charge in [0.25, 0.3) is 0 Å². The number of nitrogens with two attached hydrogens (primary N) is 1. The summed E-state index contributed by atoms with van der Waals surface area (Å²) in [4.78, 5) is 10.9. The van der Waals surface area contributed by atoms with E-state index >= 15 is 0 Å². The molecule has 2 rings (SSSR count). The molecule has 0 amide bonds. The van der Waals surface area contributed by atoms with Gasteiger partial charge in [-0.3, -0.25) is 4.79 Å². The minimum Gasteiger partial charge on any atom is -0.398 e. The van der Waals surface area contributed by atoms with Crippen LogP contribution < -0.4 is 5.73 Å². The van der Waals surface area contributed by atoms with Crippen molar-refractivity contribution in [3.05, 3.63) is 40.4 Å². The summed E-state index contributed by atoms with van der Waals surface area (Å²) in [6.07, 6.45) is 0.796. The summed E-state index contributed by atoms with van der Waals surface area (Å²) in [6, 6.07) is 9.44. The van der Waals surface area contributed by atoms with Gasteiger partial charge < -0.3 is 5.73 Å². The molecule has 0 radical (unpaired) electrons. The molecule has 0 saturated carbocycles. The van der Waals surface area contributed by atoms with E-state index in [2.05, 4.69) is 15.9 Å². The van der Waals surface area contributed by atoms with E-state index in [9.17, 15) is 4.79 Å². The summed E-state index contributed by atoms with van der Waals surface area (Å²) in [5.74, 6) is 0. The molecule has 0 aliphatic heterocycles. The molecule has 0 bridgehead atoms. The predicted octanol–water partition coefficient (Wildman–Crippen LogP) is 3.00. The van der Waals surface area contributed by atoms with Crippen molar-refractivity contribution in [2.45, 2.75) is 0 Å². The number of halogens is 1. The van der Waals surface area contributed by atoms with E-state index in [-0.39, 0.29) is 0 Å². The maximum absolute atomic E-state index is 10.9. The van der Waals surface area contributed by atoms with Gasteiger partial charge in [-0.25, -0.2) is 0 Å². The van der Waals surface area contributed by atoms with Gasteiger partial charge in [0, 0.05) is 15.7 Å². The molecule has 0 unspecified atom stereocenters. The lowest BCUT2D eigenvalue weighted by molar-refractivity contribution is 0.112. The number of carbonyl (C=O) groups is 1. The summed E-state index contributed by atoms with van der Waals surface area (Å²) in [5, 5.41) is 1.90. The zero-order valence-corrected chi connectivity index (χ0v) is 8.91. The Kier molecular flexibility index (Phi) is 2.25. The maximum Gasteiger partial charge on any atom is 0.152 e. The molecule has 0 aromatic heterocycles. The van der Waals surface area contributed by atoms with Gasteiger partial charge >= 0.3 is 0 Å². The number of benzene rings is 2. The quantitative estimate of drug-likeness (QED) is 0.624. The van der Waals surface area contributed by atoms with Crippen molar-refractivity contribution < 1.29 is 4.79 Å². The first kappa shape index (κ1) is 9.21. The molecule has 14 heavy (non-hydrogen) atoms. The highest BCUT2D eigenvalue weighted by Crippen LogP contribution is 2.25. The third-order valence-corrected chi connectivity index (χ3v) is 2.67. The minimum absolute atomic E-state index is 0.519. The zero-order valence-electron chi connectivity index (χ0n) is 7.33. The van der Waals surface area contributed by atoms with Gasteiger partial charge in [-0.1, -0.05) is 28.1 Å². The van der Waals surface area contributed by atoms with Crippen LogP contribution in [-0.2, 0) is 0 Å². The van der Waals surface area contributed by atoms with Crippen LogP contribution in [0.2, 0.25) is 0 Å². The molecule has 0 aliphatic carbocycles. The van der Waals surface area contributed by atoms with Crippen molar-refractivity contribution in [1.82, 2.24) is 0 Å². The van der Waals surface area contributed by atoms with Gasteiger partial charge in [-0.2, -0.15) is 0 Å². The monoisotopic (exact) mass is 249 g/mol. The minimum atomic E-state index is 0.519. The summed E-state index contributed by atoms with van der Waals surface area (Å²) in [5.41, 5.74) is 6.78. The van der Waals surface area contributed by atoms with E-state index in [0.29, 0.717) is 11.3 Å². The van der Waals surface area contributed by atoms with Crippen LogP contribution in [0.25, 0.3) is 10.8 Å². The first-order chi connectivity index (χ1) is 6.72. The second kappa shape index (κ2) is 3.42. The summed E-state index contributed by atoms with van der Waals surface area (Å²) in [7, 11) is 0. The molecule has 0 atom stereocenters. The Labute approximate surface area is 89.8 Å². The number of fused-ring (bicyclic) bond motifs is 1. The van der Waals surface area contributed by atoms with Crippen LogP contribution in [0, 0.1) is 0 Å². The van der Waals surface area contributed by atoms with E-state index < -0.39 is 0 Å². The number of carbonyl (C=O) groups excluding carboxylic acids is 1. The lowest BCUT2D eigenvalue weighted by atomic mass is 10.0. The van der Waals surface area contributed by atoms with Crippen molar-refractivity contribution in [3.8, 4) is 0 Å². The lowest BCUT2D eigenvalue weighted by Crippen LogP contribution is -1.93. The van der Waals surface area contributed by atoms with E-state index in [0.717, 1.165) is 21.5 Å². The Bertz CT molecular complexity index is 503. The molecule has 70 valence electrons. The van der Waals surface area contributed by atoms with Crippen LogP contribution in [0.3, 0.4) is 0 Å². The number of nitrogen functional groups attached to an aromatic ring is 1. The Morgan fingerprint density at radius 2 is 1.93 bits per heavy atom. The first-order valence-electron chi connectivity index (χ1n) is 4.15. The molecule has 2 aromatic rings. The smallest absolute Gasteiger partial charge is 0.152 e. The van der Waals surface area contributed by atoms with E-state index in [4.69, 9.17) is 5.73 Å². The molecule has 0 aliphatic rings. The molecule has 2 N–H and O–H groups in total. The average Bonchev–Trinajstić information content (AvgIpc) is 2.17. The molecular formula is C11H8BrNO. The lowest BCUT2D eigenvalue weighted by Gasteiger charge is -2.04. The van der Waals surface area contributed by atoms with Crippen LogP contribution in [0.15, 0.2) is 34.8 Å². The summed E-state index contributed by atoms with van der Waals surface area (Å²) < 4.78 is 0.943. The van der Waals surface area contributed by atoms with Crippen molar-refractivity contribution in [2.75, 3.05) is 5.73 Å². The van der Waals surface area contributed by atoms with Crippen LogP contribution in [0.1, 0.15) is 10.4 Å². The van der Waals surface area contributed by atoms with E-state index in [1.807, 2.05) is 24.3 Å². The van der Waals surface area contributed by atoms with Gasteiger partial charge in [0.05, 0.1) is 0 Å². The highest BCUT2D eigenvalue weighted by molar-refractivity contribution is 9.10. The molecule has 0 heterocycles. The third-order valence-electron chi connectivity index (χ3n) is 2.18. The van der Waals surface area contributed by atoms with Gasteiger partial charge in [0.15, 0.2) is 6.29 Å². The predicted molar refractivity (Wildman–Crippen MR) is 61.4 cm³/mol. The maximum atomic E-state index is 10.9. The van der Waals surface area contributed by atoms with Crippen molar-refractivity contribution in [3.63, 3.8) is 0 Å². The highest BCUT2D eigenvalue weighted by atomic mass is 79.9. The first-order valence-corrected chi connectivity index (χ1v) is 4.94. The van der Waals surface area contributed by atoms with E-state index in [1.165, 1.54) is 0 Å². The topological polar surface area (TPSA) is 43.1 Å². The normalized spacial score (nSPS) is 10.4.